The first-order chi connectivity index (χ1) is 8.24. The summed E-state index contributed by atoms with van der Waals surface area (Å²) in [6.07, 6.45) is 4.59. The molecule has 6 heteroatoms. The smallest absolute Gasteiger partial charge is 0.305 e. The number of esters is 1. The first-order valence-electron chi connectivity index (χ1n) is 5.48. The lowest BCUT2D eigenvalue weighted by Gasteiger charge is -2.02. The van der Waals surface area contributed by atoms with Crippen LogP contribution in [0.4, 0.5) is 0 Å². The number of amides is 1. The minimum absolute atomic E-state index is 0.132. The van der Waals surface area contributed by atoms with Gasteiger partial charge in [-0.05, 0) is 12.8 Å². The molecule has 0 saturated carbocycles. The number of nitrogens with one attached hydrogen (secondary N) is 1. The predicted molar refractivity (Wildman–Crippen MR) is 64.9 cm³/mol. The molecule has 0 saturated heterocycles. The van der Waals surface area contributed by atoms with E-state index >= 15 is 0 Å². The fourth-order valence-electron chi connectivity index (χ4n) is 1.29. The molecule has 1 heterocycles. The first kappa shape index (κ1) is 13.6. The molecular formula is C11H16N2O3S. The van der Waals surface area contributed by atoms with E-state index in [-0.39, 0.29) is 11.9 Å². The van der Waals surface area contributed by atoms with Crippen LogP contribution in [-0.4, -0.2) is 30.5 Å². The van der Waals surface area contributed by atoms with Gasteiger partial charge in [0.15, 0.2) is 5.01 Å². The number of hydrogen-bond acceptors (Lipinski definition) is 5. The van der Waals surface area contributed by atoms with E-state index in [4.69, 9.17) is 0 Å². The van der Waals surface area contributed by atoms with Crippen LogP contribution >= 0.6 is 11.3 Å². The van der Waals surface area contributed by atoms with Gasteiger partial charge in [0.1, 0.15) is 0 Å². The van der Waals surface area contributed by atoms with Crippen molar-refractivity contribution < 1.29 is 14.3 Å². The summed E-state index contributed by atoms with van der Waals surface area (Å²) in [7, 11) is 1.39. The highest BCUT2D eigenvalue weighted by atomic mass is 32.1. The fraction of sp³-hybridized carbons (Fsp3) is 0.545. The van der Waals surface area contributed by atoms with Gasteiger partial charge >= 0.3 is 5.97 Å². The maximum absolute atomic E-state index is 11.5. The van der Waals surface area contributed by atoms with Gasteiger partial charge in [0.2, 0.25) is 0 Å². The molecule has 94 valence electrons. The summed E-state index contributed by atoms with van der Waals surface area (Å²) in [4.78, 5) is 26.2. The summed E-state index contributed by atoms with van der Waals surface area (Å²) in [5.41, 5.74) is 0. The van der Waals surface area contributed by atoms with Crippen LogP contribution in [0.25, 0.3) is 0 Å². The van der Waals surface area contributed by atoms with Crippen molar-refractivity contribution in [2.45, 2.75) is 25.7 Å². The average Bonchev–Trinajstić information content (AvgIpc) is 2.86. The number of aromatic nitrogens is 1. The SMILES string of the molecule is COC(=O)CCCCCNC(=O)c1nccs1. The highest BCUT2D eigenvalue weighted by molar-refractivity contribution is 7.11. The monoisotopic (exact) mass is 256 g/mol. The van der Waals surface area contributed by atoms with Crippen LogP contribution < -0.4 is 5.32 Å². The molecule has 0 bridgehead atoms. The zero-order chi connectivity index (χ0) is 12.5. The first-order valence-corrected chi connectivity index (χ1v) is 6.36. The molecule has 17 heavy (non-hydrogen) atoms. The van der Waals surface area contributed by atoms with Gasteiger partial charge in [-0.1, -0.05) is 6.42 Å². The Hall–Kier alpha value is -1.43. The van der Waals surface area contributed by atoms with E-state index in [9.17, 15) is 9.59 Å². The quantitative estimate of drug-likeness (QED) is 0.594. The van der Waals surface area contributed by atoms with Gasteiger partial charge in [0.05, 0.1) is 7.11 Å². The third-order valence-corrected chi connectivity index (χ3v) is 2.97. The van der Waals surface area contributed by atoms with Gasteiger partial charge in [-0.2, -0.15) is 0 Å². The van der Waals surface area contributed by atoms with E-state index < -0.39 is 0 Å². The average molecular weight is 256 g/mol. The van der Waals surface area contributed by atoms with E-state index in [1.54, 1.807) is 11.6 Å². The van der Waals surface area contributed by atoms with E-state index in [1.807, 2.05) is 0 Å². The largest absolute Gasteiger partial charge is 0.469 e. The summed E-state index contributed by atoms with van der Waals surface area (Å²) in [6, 6.07) is 0. The van der Waals surface area contributed by atoms with Crippen LogP contribution in [0, 0.1) is 0 Å². The molecule has 1 amide bonds. The Morgan fingerprint density at radius 1 is 1.41 bits per heavy atom. The molecule has 0 fully saturated rings. The molecule has 1 rings (SSSR count). The maximum Gasteiger partial charge on any atom is 0.305 e. The summed E-state index contributed by atoms with van der Waals surface area (Å²) in [5, 5.41) is 5.03. The van der Waals surface area contributed by atoms with Gasteiger partial charge in [-0.15, -0.1) is 11.3 Å². The Morgan fingerprint density at radius 3 is 2.88 bits per heavy atom. The predicted octanol–water partition coefficient (Wildman–Crippen LogP) is 1.61. The number of carbonyl (C=O) groups excluding carboxylic acids is 2. The highest BCUT2D eigenvalue weighted by Crippen LogP contribution is 2.04. The number of methoxy groups -OCH3 is 1. The van der Waals surface area contributed by atoms with Gasteiger partial charge in [0.25, 0.3) is 5.91 Å². The van der Waals surface area contributed by atoms with Crippen molar-refractivity contribution in [2.24, 2.45) is 0 Å². The topological polar surface area (TPSA) is 68.3 Å². The minimum atomic E-state index is -0.183. The second-order valence-electron chi connectivity index (χ2n) is 3.48. The van der Waals surface area contributed by atoms with E-state index in [0.29, 0.717) is 18.0 Å². The van der Waals surface area contributed by atoms with Crippen molar-refractivity contribution in [3.63, 3.8) is 0 Å². The summed E-state index contributed by atoms with van der Waals surface area (Å²) >= 11 is 1.32. The number of carbonyl (C=O) groups is 2. The Kier molecular flexibility index (Phi) is 6.24. The summed E-state index contributed by atoms with van der Waals surface area (Å²) in [5.74, 6) is -0.315. The molecule has 0 spiro atoms. The van der Waals surface area contributed by atoms with Crippen molar-refractivity contribution >= 4 is 23.2 Å². The zero-order valence-corrected chi connectivity index (χ0v) is 10.6. The van der Waals surface area contributed by atoms with Crippen molar-refractivity contribution in [1.82, 2.24) is 10.3 Å². The molecule has 1 aromatic rings. The van der Waals surface area contributed by atoms with Crippen LogP contribution in [0.1, 0.15) is 35.5 Å². The van der Waals surface area contributed by atoms with Gasteiger partial charge in [0, 0.05) is 24.5 Å². The van der Waals surface area contributed by atoms with E-state index in [1.165, 1.54) is 18.4 Å². The lowest BCUT2D eigenvalue weighted by Crippen LogP contribution is -2.24. The lowest BCUT2D eigenvalue weighted by atomic mass is 10.2. The molecule has 0 radical (unpaired) electrons. The molecule has 5 nitrogen and oxygen atoms in total. The van der Waals surface area contributed by atoms with Crippen LogP contribution in [0.2, 0.25) is 0 Å². The number of ether oxygens (including phenoxy) is 1. The Morgan fingerprint density at radius 2 is 2.24 bits per heavy atom. The van der Waals surface area contributed by atoms with E-state index in [0.717, 1.165) is 19.3 Å². The molecular weight excluding hydrogens is 240 g/mol. The zero-order valence-electron chi connectivity index (χ0n) is 9.77. The van der Waals surface area contributed by atoms with Crippen molar-refractivity contribution in [1.29, 1.82) is 0 Å². The van der Waals surface area contributed by atoms with Gasteiger partial charge in [-0.25, -0.2) is 4.98 Å². The van der Waals surface area contributed by atoms with E-state index in [2.05, 4.69) is 15.0 Å². The molecule has 0 unspecified atom stereocenters. The number of hydrogen-bond donors (Lipinski definition) is 1. The standard InChI is InChI=1S/C11H16N2O3S/c1-16-9(14)5-3-2-4-6-12-10(15)11-13-7-8-17-11/h7-8H,2-6H2,1H3,(H,12,15). The molecule has 0 aliphatic rings. The Balaban J connectivity index is 2.01. The maximum atomic E-state index is 11.5. The van der Waals surface area contributed by atoms with Gasteiger partial charge < -0.3 is 10.1 Å². The van der Waals surface area contributed by atoms with Crippen molar-refractivity contribution in [3.8, 4) is 0 Å². The Labute approximate surface area is 104 Å². The number of unbranched alkanes of at least 4 members (excludes halogenated alkanes) is 2. The Bertz CT molecular complexity index is 352. The van der Waals surface area contributed by atoms with Crippen LogP contribution in [0.15, 0.2) is 11.6 Å². The third kappa shape index (κ3) is 5.44. The number of thiazole rings is 1. The molecule has 0 aromatic carbocycles. The van der Waals surface area contributed by atoms with Crippen molar-refractivity contribution in [3.05, 3.63) is 16.6 Å². The molecule has 0 atom stereocenters. The van der Waals surface area contributed by atoms with Crippen molar-refractivity contribution in [2.75, 3.05) is 13.7 Å². The second kappa shape index (κ2) is 7.78. The summed E-state index contributed by atoms with van der Waals surface area (Å²) < 4.78 is 4.53. The number of rotatable bonds is 7. The molecule has 1 N–H and O–H groups in total. The highest BCUT2D eigenvalue weighted by Gasteiger charge is 2.06. The molecule has 1 aromatic heterocycles. The normalized spacial score (nSPS) is 9.94. The van der Waals surface area contributed by atoms with Crippen LogP contribution in [0.5, 0.6) is 0 Å². The minimum Gasteiger partial charge on any atom is -0.469 e. The summed E-state index contributed by atoms with van der Waals surface area (Å²) in [6.45, 7) is 0.611. The third-order valence-electron chi connectivity index (χ3n) is 2.20. The van der Waals surface area contributed by atoms with Gasteiger partial charge in [-0.3, -0.25) is 9.59 Å². The van der Waals surface area contributed by atoms with Crippen LogP contribution in [0.3, 0.4) is 0 Å². The number of nitrogens with zero attached hydrogens (tertiary/aromatic N) is 1. The second-order valence-corrected chi connectivity index (χ2v) is 4.37. The molecule has 0 aliphatic heterocycles. The lowest BCUT2D eigenvalue weighted by molar-refractivity contribution is -0.140. The van der Waals surface area contributed by atoms with Crippen LogP contribution in [-0.2, 0) is 9.53 Å². The molecule has 0 aliphatic carbocycles. The fourth-order valence-corrected chi connectivity index (χ4v) is 1.84.